The average molecular weight is 542 g/mol. The number of hydrogen-bond acceptors (Lipinski definition) is 1. The van der Waals surface area contributed by atoms with E-state index in [2.05, 4.69) is 146 Å². The van der Waals surface area contributed by atoms with Crippen LogP contribution in [0.4, 0.5) is 0 Å². The number of para-hydroxylation sites is 2. The average Bonchev–Trinajstić information content (AvgIpc) is 3.63. The third-order valence-corrected chi connectivity index (χ3v) is 10.3. The van der Waals surface area contributed by atoms with Gasteiger partial charge in [-0.25, -0.2) is 0 Å². The lowest BCUT2D eigenvalue weighted by atomic mass is 9.81. The fourth-order valence-corrected chi connectivity index (χ4v) is 8.38. The van der Waals surface area contributed by atoms with Crippen molar-refractivity contribution >= 4 is 53.3 Å². The summed E-state index contributed by atoms with van der Waals surface area (Å²) in [5, 5.41) is 5.33. The number of thiophene rings is 1. The highest BCUT2D eigenvalue weighted by Crippen LogP contribution is 2.55. The van der Waals surface area contributed by atoms with Crippen molar-refractivity contribution in [3.63, 3.8) is 0 Å². The van der Waals surface area contributed by atoms with Gasteiger partial charge in [0.25, 0.3) is 0 Å². The first kappa shape index (κ1) is 23.1. The molecular formula is C39H27NS. The van der Waals surface area contributed by atoms with Gasteiger partial charge < -0.3 is 4.57 Å². The minimum atomic E-state index is -0.0933. The molecule has 9 rings (SSSR count). The van der Waals surface area contributed by atoms with Gasteiger partial charge in [0.1, 0.15) is 0 Å². The van der Waals surface area contributed by atoms with Gasteiger partial charge in [-0.2, -0.15) is 0 Å². The van der Waals surface area contributed by atoms with Crippen molar-refractivity contribution in [2.75, 3.05) is 0 Å². The molecule has 0 amide bonds. The van der Waals surface area contributed by atoms with E-state index in [4.69, 9.17) is 0 Å². The molecule has 1 aliphatic rings. The molecular weight excluding hydrogens is 515 g/mol. The maximum absolute atomic E-state index is 2.51. The van der Waals surface area contributed by atoms with Crippen molar-refractivity contribution in [1.29, 1.82) is 0 Å². The highest BCUT2D eigenvalue weighted by atomic mass is 32.1. The summed E-state index contributed by atoms with van der Waals surface area (Å²) < 4.78 is 5.17. The maximum Gasteiger partial charge on any atom is 0.0625 e. The first-order valence-corrected chi connectivity index (χ1v) is 15.1. The SMILES string of the molecule is CC1(C)c2ccccc2-c2c1cc(-c1ccc3sc4ccccc4c3c1)c1c2c2ccccc2n1-c1ccccc1. The van der Waals surface area contributed by atoms with Gasteiger partial charge in [0.15, 0.2) is 0 Å². The summed E-state index contributed by atoms with van der Waals surface area (Å²) >= 11 is 1.88. The standard InChI is InChI=1S/C39H27NS/c1-39(2)31-17-9-6-15-27(31)36-32(39)23-29(24-20-21-35-30(22-24)26-14-8-11-19-34(26)41-35)38-37(36)28-16-7-10-18-33(28)40(38)25-12-4-3-5-13-25/h3-23H,1-2H3. The van der Waals surface area contributed by atoms with Gasteiger partial charge in [-0.3, -0.25) is 0 Å². The van der Waals surface area contributed by atoms with Crippen LogP contribution < -0.4 is 0 Å². The van der Waals surface area contributed by atoms with E-state index in [0.29, 0.717) is 0 Å². The fourth-order valence-electron chi connectivity index (χ4n) is 7.29. The van der Waals surface area contributed by atoms with Crippen LogP contribution in [0.5, 0.6) is 0 Å². The van der Waals surface area contributed by atoms with E-state index in [1.165, 1.54) is 81.0 Å². The minimum Gasteiger partial charge on any atom is -0.309 e. The summed E-state index contributed by atoms with van der Waals surface area (Å²) in [6.45, 7) is 4.78. The van der Waals surface area contributed by atoms with Crippen molar-refractivity contribution in [3.05, 3.63) is 139 Å². The van der Waals surface area contributed by atoms with Crippen molar-refractivity contribution in [2.45, 2.75) is 19.3 Å². The monoisotopic (exact) mass is 541 g/mol. The lowest BCUT2D eigenvalue weighted by molar-refractivity contribution is 0.661. The number of aromatic nitrogens is 1. The molecule has 0 bridgehead atoms. The topological polar surface area (TPSA) is 4.93 Å². The Morgan fingerprint density at radius 2 is 1.27 bits per heavy atom. The predicted molar refractivity (Wildman–Crippen MR) is 177 cm³/mol. The van der Waals surface area contributed by atoms with Gasteiger partial charge in [-0.05, 0) is 70.3 Å². The number of hydrogen-bond donors (Lipinski definition) is 0. The van der Waals surface area contributed by atoms with Crippen LogP contribution in [0.15, 0.2) is 127 Å². The second-order valence-electron chi connectivity index (χ2n) is 11.7. The van der Waals surface area contributed by atoms with Crippen LogP contribution in [0.25, 0.3) is 69.9 Å². The van der Waals surface area contributed by atoms with Crippen molar-refractivity contribution in [2.24, 2.45) is 0 Å². The van der Waals surface area contributed by atoms with E-state index in [9.17, 15) is 0 Å². The smallest absolute Gasteiger partial charge is 0.0625 e. The quantitative estimate of drug-likeness (QED) is 0.205. The van der Waals surface area contributed by atoms with Crippen LogP contribution in [0.1, 0.15) is 25.0 Å². The molecule has 0 atom stereocenters. The van der Waals surface area contributed by atoms with E-state index in [1.54, 1.807) is 0 Å². The molecule has 0 spiro atoms. The molecule has 2 aromatic heterocycles. The van der Waals surface area contributed by atoms with E-state index in [0.717, 1.165) is 0 Å². The molecule has 1 aliphatic carbocycles. The number of fused-ring (bicyclic) bond motifs is 10. The summed E-state index contributed by atoms with van der Waals surface area (Å²) in [5.41, 5.74) is 11.7. The molecule has 0 aliphatic heterocycles. The second-order valence-corrected chi connectivity index (χ2v) is 12.8. The molecule has 0 unspecified atom stereocenters. The van der Waals surface area contributed by atoms with Gasteiger partial charge in [-0.1, -0.05) is 98.8 Å². The van der Waals surface area contributed by atoms with E-state index in [1.807, 2.05) is 11.3 Å². The number of benzene rings is 6. The van der Waals surface area contributed by atoms with Crippen LogP contribution in [-0.4, -0.2) is 4.57 Å². The Kier molecular flexibility index (Phi) is 4.61. The molecule has 2 heteroatoms. The Morgan fingerprint density at radius 3 is 2.15 bits per heavy atom. The summed E-state index contributed by atoms with van der Waals surface area (Å²) in [5.74, 6) is 0. The molecule has 0 saturated heterocycles. The first-order valence-electron chi connectivity index (χ1n) is 14.3. The third-order valence-electron chi connectivity index (χ3n) is 9.18. The van der Waals surface area contributed by atoms with Gasteiger partial charge in [0.05, 0.1) is 11.0 Å². The zero-order valence-corrected chi connectivity index (χ0v) is 23.8. The Morgan fingerprint density at radius 1 is 0.561 bits per heavy atom. The molecule has 194 valence electrons. The van der Waals surface area contributed by atoms with Crippen molar-refractivity contribution < 1.29 is 0 Å². The molecule has 8 aromatic rings. The van der Waals surface area contributed by atoms with Crippen molar-refractivity contribution in [3.8, 4) is 27.9 Å². The van der Waals surface area contributed by atoms with Crippen LogP contribution in [0.3, 0.4) is 0 Å². The van der Waals surface area contributed by atoms with Gasteiger partial charge in [0, 0.05) is 47.6 Å². The van der Waals surface area contributed by atoms with Crippen LogP contribution in [0.2, 0.25) is 0 Å². The van der Waals surface area contributed by atoms with Crippen LogP contribution in [0, 0.1) is 0 Å². The molecule has 2 heterocycles. The lowest BCUT2D eigenvalue weighted by Crippen LogP contribution is -2.15. The molecule has 6 aromatic carbocycles. The molecule has 0 radical (unpaired) electrons. The number of rotatable bonds is 2. The highest BCUT2D eigenvalue weighted by molar-refractivity contribution is 7.25. The van der Waals surface area contributed by atoms with E-state index < -0.39 is 0 Å². The summed E-state index contributed by atoms with van der Waals surface area (Å²) in [6.07, 6.45) is 0. The van der Waals surface area contributed by atoms with E-state index >= 15 is 0 Å². The zero-order chi connectivity index (χ0) is 27.3. The number of nitrogens with zero attached hydrogens (tertiary/aromatic N) is 1. The summed E-state index contributed by atoms with van der Waals surface area (Å²) in [6, 6.07) is 47.2. The van der Waals surface area contributed by atoms with E-state index in [-0.39, 0.29) is 5.41 Å². The van der Waals surface area contributed by atoms with Gasteiger partial charge >= 0.3 is 0 Å². The van der Waals surface area contributed by atoms with Crippen molar-refractivity contribution in [1.82, 2.24) is 4.57 Å². The Bertz CT molecular complexity index is 2330. The molecule has 0 N–H and O–H groups in total. The predicted octanol–water partition coefficient (Wildman–Crippen LogP) is 11.1. The normalized spacial score (nSPS) is 13.8. The fraction of sp³-hybridized carbons (Fsp3) is 0.0769. The Balaban J connectivity index is 1.50. The van der Waals surface area contributed by atoms with Gasteiger partial charge in [-0.15, -0.1) is 11.3 Å². The molecule has 1 nitrogen and oxygen atoms in total. The minimum absolute atomic E-state index is 0.0933. The Labute approximate surface area is 242 Å². The van der Waals surface area contributed by atoms with Crippen LogP contribution in [-0.2, 0) is 5.41 Å². The van der Waals surface area contributed by atoms with Gasteiger partial charge in [0.2, 0.25) is 0 Å². The Hall–Kier alpha value is -4.66. The van der Waals surface area contributed by atoms with Crippen LogP contribution >= 0.6 is 11.3 Å². The highest BCUT2D eigenvalue weighted by Gasteiger charge is 2.38. The first-order chi connectivity index (χ1) is 20.1. The third kappa shape index (κ3) is 3.06. The lowest BCUT2D eigenvalue weighted by Gasteiger charge is -2.23. The maximum atomic E-state index is 2.51. The summed E-state index contributed by atoms with van der Waals surface area (Å²) in [7, 11) is 0. The zero-order valence-electron chi connectivity index (χ0n) is 23.0. The molecule has 0 fully saturated rings. The second kappa shape index (κ2) is 8.19. The molecule has 0 saturated carbocycles. The molecule has 41 heavy (non-hydrogen) atoms. The largest absolute Gasteiger partial charge is 0.309 e. The summed E-state index contributed by atoms with van der Waals surface area (Å²) in [4.78, 5) is 0.